The van der Waals surface area contributed by atoms with Gasteiger partial charge in [0.15, 0.2) is 0 Å². The van der Waals surface area contributed by atoms with Crippen LogP contribution >= 0.6 is 0 Å². The van der Waals surface area contributed by atoms with Crippen molar-refractivity contribution in [3.05, 3.63) is 5.82 Å². The molecule has 0 aromatic carbocycles. The van der Waals surface area contributed by atoms with Crippen LogP contribution in [-0.4, -0.2) is 41.1 Å². The molecule has 3 rings (SSSR count). The second-order valence-corrected chi connectivity index (χ2v) is 4.95. The fourth-order valence-corrected chi connectivity index (χ4v) is 2.86. The van der Waals surface area contributed by atoms with Crippen molar-refractivity contribution in [2.24, 2.45) is 0 Å². The summed E-state index contributed by atoms with van der Waals surface area (Å²) in [6.45, 7) is 2.88. The van der Waals surface area contributed by atoms with Gasteiger partial charge >= 0.3 is 0 Å². The average molecular weight is 236 g/mol. The Kier molecular flexibility index (Phi) is 3.01. The first-order valence-electron chi connectivity index (χ1n) is 6.58. The van der Waals surface area contributed by atoms with Crippen molar-refractivity contribution in [2.75, 3.05) is 25.2 Å². The van der Waals surface area contributed by atoms with Gasteiger partial charge in [-0.25, -0.2) is 4.68 Å². The van der Waals surface area contributed by atoms with Crippen LogP contribution in [-0.2, 0) is 17.7 Å². The van der Waals surface area contributed by atoms with Crippen molar-refractivity contribution in [3.8, 4) is 0 Å². The van der Waals surface area contributed by atoms with E-state index in [0.717, 1.165) is 37.9 Å². The molecule has 1 aromatic heterocycles. The van der Waals surface area contributed by atoms with Crippen LogP contribution in [0, 0.1) is 0 Å². The molecule has 0 saturated carbocycles. The van der Waals surface area contributed by atoms with Crippen molar-refractivity contribution < 1.29 is 4.74 Å². The summed E-state index contributed by atoms with van der Waals surface area (Å²) in [6.07, 6.45) is 5.97. The number of methoxy groups -OCH3 is 1. The molecular formula is C12H20N4O. The minimum absolute atomic E-state index is 0.462. The van der Waals surface area contributed by atoms with Gasteiger partial charge in [-0.15, -0.1) is 5.10 Å². The van der Waals surface area contributed by atoms with E-state index < -0.39 is 0 Å². The zero-order valence-electron chi connectivity index (χ0n) is 10.4. The van der Waals surface area contributed by atoms with E-state index in [1.165, 1.54) is 25.7 Å². The van der Waals surface area contributed by atoms with Gasteiger partial charge < -0.3 is 9.64 Å². The molecule has 5 nitrogen and oxygen atoms in total. The smallest absolute Gasteiger partial charge is 0.245 e. The van der Waals surface area contributed by atoms with E-state index >= 15 is 0 Å². The number of rotatable bonds is 3. The van der Waals surface area contributed by atoms with Crippen molar-refractivity contribution in [2.45, 2.75) is 44.7 Å². The van der Waals surface area contributed by atoms with Crippen molar-refractivity contribution >= 4 is 5.95 Å². The number of aryl methyl sites for hydroxylation is 2. The quantitative estimate of drug-likeness (QED) is 0.791. The highest BCUT2D eigenvalue weighted by molar-refractivity contribution is 5.33. The maximum Gasteiger partial charge on any atom is 0.245 e. The van der Waals surface area contributed by atoms with Crippen LogP contribution in [0.5, 0.6) is 0 Å². The fourth-order valence-electron chi connectivity index (χ4n) is 2.86. The standard InChI is InChI=1S/C12H20N4O/c1-17-9-10-5-4-7-15(10)12-13-11-6-2-3-8-16(11)14-12/h10H,2-9H2,1H3/t10-/m1/s1. The lowest BCUT2D eigenvalue weighted by Gasteiger charge is -2.22. The average Bonchev–Trinajstić information content (AvgIpc) is 2.94. The van der Waals surface area contributed by atoms with E-state index in [2.05, 4.69) is 19.7 Å². The van der Waals surface area contributed by atoms with E-state index in [4.69, 9.17) is 4.74 Å². The number of fused-ring (bicyclic) bond motifs is 1. The van der Waals surface area contributed by atoms with E-state index in [-0.39, 0.29) is 0 Å². The largest absolute Gasteiger partial charge is 0.383 e. The summed E-state index contributed by atoms with van der Waals surface area (Å²) in [5.74, 6) is 2.08. The molecular weight excluding hydrogens is 216 g/mol. The molecule has 1 atom stereocenters. The summed E-state index contributed by atoms with van der Waals surface area (Å²) in [6, 6.07) is 0.462. The minimum atomic E-state index is 0.462. The number of hydrogen-bond donors (Lipinski definition) is 0. The molecule has 0 spiro atoms. The molecule has 3 heterocycles. The van der Waals surface area contributed by atoms with Gasteiger partial charge in [-0.2, -0.15) is 4.98 Å². The van der Waals surface area contributed by atoms with Crippen molar-refractivity contribution in [3.63, 3.8) is 0 Å². The highest BCUT2D eigenvalue weighted by Gasteiger charge is 2.28. The van der Waals surface area contributed by atoms with E-state index in [9.17, 15) is 0 Å². The lowest BCUT2D eigenvalue weighted by Crippen LogP contribution is -2.33. The molecule has 94 valence electrons. The molecule has 5 heteroatoms. The summed E-state index contributed by atoms with van der Waals surface area (Å²) in [4.78, 5) is 7.00. The number of hydrogen-bond acceptors (Lipinski definition) is 4. The predicted octanol–water partition coefficient (Wildman–Crippen LogP) is 1.23. The lowest BCUT2D eigenvalue weighted by atomic mass is 10.2. The molecule has 1 aromatic rings. The number of nitrogens with zero attached hydrogens (tertiary/aromatic N) is 4. The number of ether oxygens (including phenoxy) is 1. The molecule has 1 saturated heterocycles. The predicted molar refractivity (Wildman–Crippen MR) is 65.2 cm³/mol. The summed E-state index contributed by atoms with van der Waals surface area (Å²) < 4.78 is 7.36. The first-order chi connectivity index (χ1) is 8.38. The van der Waals surface area contributed by atoms with Crippen LogP contribution in [0.15, 0.2) is 0 Å². The highest BCUT2D eigenvalue weighted by atomic mass is 16.5. The SMILES string of the molecule is COC[C@H]1CCCN1c1nc2n(n1)CCCC2. The third-order valence-corrected chi connectivity index (χ3v) is 3.75. The Morgan fingerprint density at radius 3 is 3.06 bits per heavy atom. The maximum absolute atomic E-state index is 5.28. The molecule has 2 aliphatic rings. The number of aromatic nitrogens is 3. The molecule has 2 aliphatic heterocycles. The molecule has 0 aliphatic carbocycles. The van der Waals surface area contributed by atoms with E-state index in [0.29, 0.717) is 6.04 Å². The second-order valence-electron chi connectivity index (χ2n) is 4.95. The Balaban J connectivity index is 1.80. The Hall–Kier alpha value is -1.10. The normalized spacial score (nSPS) is 24.1. The summed E-state index contributed by atoms with van der Waals surface area (Å²) in [7, 11) is 1.77. The van der Waals surface area contributed by atoms with Crippen LogP contribution in [0.1, 0.15) is 31.5 Å². The van der Waals surface area contributed by atoms with Gasteiger partial charge in [0.2, 0.25) is 5.95 Å². The first-order valence-corrected chi connectivity index (χ1v) is 6.58. The monoisotopic (exact) mass is 236 g/mol. The topological polar surface area (TPSA) is 43.2 Å². The van der Waals surface area contributed by atoms with Crippen LogP contribution in [0.2, 0.25) is 0 Å². The summed E-state index contributed by atoms with van der Waals surface area (Å²) >= 11 is 0. The highest BCUT2D eigenvalue weighted by Crippen LogP contribution is 2.24. The lowest BCUT2D eigenvalue weighted by molar-refractivity contribution is 0.180. The first kappa shape index (κ1) is 11.0. The van der Waals surface area contributed by atoms with Crippen LogP contribution in [0.4, 0.5) is 5.95 Å². The Labute approximate surface area is 102 Å². The summed E-state index contributed by atoms with van der Waals surface area (Å²) in [5, 5.41) is 4.64. The molecule has 0 bridgehead atoms. The molecule has 0 amide bonds. The Bertz CT molecular complexity index is 366. The minimum Gasteiger partial charge on any atom is -0.383 e. The zero-order chi connectivity index (χ0) is 11.7. The Morgan fingerprint density at radius 1 is 1.29 bits per heavy atom. The molecule has 0 unspecified atom stereocenters. The molecule has 0 N–H and O–H groups in total. The third-order valence-electron chi connectivity index (χ3n) is 3.75. The van der Waals surface area contributed by atoms with Gasteiger partial charge in [0.1, 0.15) is 5.82 Å². The van der Waals surface area contributed by atoms with Crippen LogP contribution in [0.3, 0.4) is 0 Å². The van der Waals surface area contributed by atoms with Gasteiger partial charge in [0.25, 0.3) is 0 Å². The fraction of sp³-hybridized carbons (Fsp3) is 0.833. The van der Waals surface area contributed by atoms with Gasteiger partial charge in [0, 0.05) is 26.6 Å². The second kappa shape index (κ2) is 4.64. The Morgan fingerprint density at radius 2 is 2.24 bits per heavy atom. The molecule has 1 fully saturated rings. The number of anilines is 1. The third kappa shape index (κ3) is 2.04. The molecule has 17 heavy (non-hydrogen) atoms. The van der Waals surface area contributed by atoms with Gasteiger partial charge in [-0.3, -0.25) is 0 Å². The van der Waals surface area contributed by atoms with Crippen LogP contribution in [0.25, 0.3) is 0 Å². The van der Waals surface area contributed by atoms with Crippen molar-refractivity contribution in [1.29, 1.82) is 0 Å². The van der Waals surface area contributed by atoms with Gasteiger partial charge in [0.05, 0.1) is 12.6 Å². The molecule has 0 radical (unpaired) electrons. The van der Waals surface area contributed by atoms with Gasteiger partial charge in [-0.05, 0) is 25.7 Å². The van der Waals surface area contributed by atoms with Crippen molar-refractivity contribution in [1.82, 2.24) is 14.8 Å². The van der Waals surface area contributed by atoms with Crippen LogP contribution < -0.4 is 4.90 Å². The zero-order valence-corrected chi connectivity index (χ0v) is 10.4. The van der Waals surface area contributed by atoms with Gasteiger partial charge in [-0.1, -0.05) is 0 Å². The van der Waals surface area contributed by atoms with E-state index in [1.54, 1.807) is 7.11 Å². The summed E-state index contributed by atoms with van der Waals surface area (Å²) in [5.41, 5.74) is 0. The van der Waals surface area contributed by atoms with E-state index in [1.807, 2.05) is 0 Å². The maximum atomic E-state index is 5.28.